The predicted octanol–water partition coefficient (Wildman–Crippen LogP) is 7.63. The maximum absolute atomic E-state index is 10.5. The predicted molar refractivity (Wildman–Crippen MR) is 124 cm³/mol. The fourth-order valence-corrected chi connectivity index (χ4v) is 8.97. The van der Waals surface area contributed by atoms with Crippen molar-refractivity contribution >= 4 is 0 Å². The van der Waals surface area contributed by atoms with Crippen LogP contribution in [0.15, 0.2) is 11.6 Å². The highest BCUT2D eigenvalue weighted by Gasteiger charge is 2.59. The highest BCUT2D eigenvalue weighted by Crippen LogP contribution is 2.67. The van der Waals surface area contributed by atoms with E-state index < -0.39 is 0 Å². The fourth-order valence-electron chi connectivity index (χ4n) is 8.97. The summed E-state index contributed by atoms with van der Waals surface area (Å²) in [7, 11) is 0. The van der Waals surface area contributed by atoms with Gasteiger partial charge in [0, 0.05) is 0 Å². The lowest BCUT2D eigenvalue weighted by atomic mass is 9.46. The smallest absolute Gasteiger partial charge is 0.0568 e. The van der Waals surface area contributed by atoms with Gasteiger partial charge in [0.1, 0.15) is 0 Å². The molecule has 0 heterocycles. The number of allylic oxidation sites excluding steroid dienone is 2. The highest BCUT2D eigenvalue weighted by atomic mass is 16.3. The molecule has 0 radical (unpaired) electrons. The third kappa shape index (κ3) is 3.56. The lowest BCUT2D eigenvalue weighted by Gasteiger charge is -2.59. The molecular formula is C28H48O. The molecule has 0 amide bonds. The first kappa shape index (κ1) is 21.9. The zero-order valence-corrected chi connectivity index (χ0v) is 20.2. The zero-order chi connectivity index (χ0) is 21.0. The van der Waals surface area contributed by atoms with Crippen molar-refractivity contribution in [1.82, 2.24) is 0 Å². The SMILES string of the molecule is CC(C)CCCC(C)[C@H]1CC[C@H]2C3=CCC4C(C)[C@@H](O)CC[C@]4(C)[C@H]3CC[C@]12C. The molecule has 0 saturated heterocycles. The van der Waals surface area contributed by atoms with Gasteiger partial charge in [-0.1, -0.05) is 72.5 Å². The van der Waals surface area contributed by atoms with Crippen molar-refractivity contribution in [2.45, 2.75) is 112 Å². The summed E-state index contributed by atoms with van der Waals surface area (Å²) in [6, 6.07) is 0. The first-order chi connectivity index (χ1) is 13.7. The van der Waals surface area contributed by atoms with Crippen molar-refractivity contribution < 1.29 is 5.11 Å². The van der Waals surface area contributed by atoms with Crippen molar-refractivity contribution in [3.63, 3.8) is 0 Å². The number of aliphatic hydroxyl groups is 1. The van der Waals surface area contributed by atoms with Gasteiger partial charge in [0.25, 0.3) is 0 Å². The largest absolute Gasteiger partial charge is 0.393 e. The molecule has 3 saturated carbocycles. The second kappa shape index (κ2) is 7.99. The number of fused-ring (bicyclic) bond motifs is 5. The molecule has 4 aliphatic carbocycles. The van der Waals surface area contributed by atoms with Crippen LogP contribution in [0.4, 0.5) is 0 Å². The van der Waals surface area contributed by atoms with E-state index in [1.54, 1.807) is 0 Å². The van der Waals surface area contributed by atoms with Crippen molar-refractivity contribution in [2.75, 3.05) is 0 Å². The molecule has 0 bridgehead atoms. The molecule has 9 atom stereocenters. The molecule has 0 aromatic rings. The average Bonchev–Trinajstić information content (AvgIpc) is 3.02. The van der Waals surface area contributed by atoms with Gasteiger partial charge < -0.3 is 5.11 Å². The third-order valence-electron chi connectivity index (χ3n) is 10.8. The van der Waals surface area contributed by atoms with E-state index in [1.807, 2.05) is 5.57 Å². The zero-order valence-electron chi connectivity index (χ0n) is 20.2. The second-order valence-corrected chi connectivity index (χ2v) is 12.7. The van der Waals surface area contributed by atoms with E-state index in [2.05, 4.69) is 47.6 Å². The van der Waals surface area contributed by atoms with Gasteiger partial charge in [0.15, 0.2) is 0 Å². The van der Waals surface area contributed by atoms with Crippen LogP contribution in [0, 0.1) is 52.3 Å². The van der Waals surface area contributed by atoms with Crippen LogP contribution >= 0.6 is 0 Å². The van der Waals surface area contributed by atoms with Gasteiger partial charge in [-0.15, -0.1) is 0 Å². The van der Waals surface area contributed by atoms with Gasteiger partial charge in [-0.3, -0.25) is 0 Å². The molecule has 0 spiro atoms. The van der Waals surface area contributed by atoms with E-state index >= 15 is 0 Å². The van der Waals surface area contributed by atoms with Crippen molar-refractivity contribution in [2.24, 2.45) is 52.3 Å². The molecule has 1 N–H and O–H groups in total. The quantitative estimate of drug-likeness (QED) is 0.470. The van der Waals surface area contributed by atoms with Crippen molar-refractivity contribution in [3.8, 4) is 0 Å². The number of aliphatic hydroxyl groups excluding tert-OH is 1. The molecule has 29 heavy (non-hydrogen) atoms. The molecule has 1 nitrogen and oxygen atoms in total. The Morgan fingerprint density at radius 2 is 1.66 bits per heavy atom. The number of hydrogen-bond acceptors (Lipinski definition) is 1. The van der Waals surface area contributed by atoms with E-state index in [9.17, 15) is 5.11 Å². The summed E-state index contributed by atoms with van der Waals surface area (Å²) in [4.78, 5) is 0. The summed E-state index contributed by atoms with van der Waals surface area (Å²) in [5, 5.41) is 10.5. The number of hydrogen-bond donors (Lipinski definition) is 1. The van der Waals surface area contributed by atoms with Gasteiger partial charge in [0.2, 0.25) is 0 Å². The minimum Gasteiger partial charge on any atom is -0.393 e. The molecule has 0 aromatic carbocycles. The summed E-state index contributed by atoms with van der Waals surface area (Å²) in [6.45, 7) is 14.9. The Hall–Kier alpha value is -0.300. The first-order valence-electron chi connectivity index (χ1n) is 13.1. The van der Waals surface area contributed by atoms with Crippen LogP contribution < -0.4 is 0 Å². The van der Waals surface area contributed by atoms with Crippen LogP contribution in [0.3, 0.4) is 0 Å². The normalized spacial score (nSPS) is 47.9. The first-order valence-corrected chi connectivity index (χ1v) is 13.1. The van der Waals surface area contributed by atoms with Crippen LogP contribution in [0.1, 0.15) is 106 Å². The summed E-state index contributed by atoms with van der Waals surface area (Å²) < 4.78 is 0. The standard InChI is InChI=1S/C28H48O/c1-18(2)8-7-9-19(3)22-12-13-24-21-10-11-23-20(4)26(29)15-17-28(23,6)25(21)14-16-27(22,24)5/h10,18-20,22-26,29H,7-9,11-17H2,1-6H3/t19?,20?,22-,23?,24+,25+,26+,27-,28+/m1/s1. The lowest BCUT2D eigenvalue weighted by molar-refractivity contribution is -0.0773. The van der Waals surface area contributed by atoms with Gasteiger partial charge in [0.05, 0.1) is 6.10 Å². The van der Waals surface area contributed by atoms with E-state index in [4.69, 9.17) is 0 Å². The minimum atomic E-state index is -0.0700. The van der Waals surface area contributed by atoms with Crippen LogP contribution in [-0.2, 0) is 0 Å². The highest BCUT2D eigenvalue weighted by molar-refractivity contribution is 5.28. The van der Waals surface area contributed by atoms with Crippen LogP contribution in [0.5, 0.6) is 0 Å². The van der Waals surface area contributed by atoms with E-state index in [1.165, 1.54) is 57.8 Å². The van der Waals surface area contributed by atoms with E-state index in [-0.39, 0.29) is 6.10 Å². The van der Waals surface area contributed by atoms with Crippen molar-refractivity contribution in [3.05, 3.63) is 11.6 Å². The summed E-state index contributed by atoms with van der Waals surface area (Å²) in [5.74, 6) is 5.47. The van der Waals surface area contributed by atoms with Gasteiger partial charge >= 0.3 is 0 Å². The molecule has 166 valence electrons. The molecular weight excluding hydrogens is 352 g/mol. The second-order valence-electron chi connectivity index (χ2n) is 12.7. The van der Waals surface area contributed by atoms with E-state index in [0.29, 0.717) is 22.7 Å². The molecule has 3 unspecified atom stereocenters. The monoisotopic (exact) mass is 400 g/mol. The maximum Gasteiger partial charge on any atom is 0.0568 e. The summed E-state index contributed by atoms with van der Waals surface area (Å²) in [5.41, 5.74) is 2.85. The minimum absolute atomic E-state index is 0.0700. The van der Waals surface area contributed by atoms with Crippen LogP contribution in [0.25, 0.3) is 0 Å². The van der Waals surface area contributed by atoms with Gasteiger partial charge in [-0.2, -0.15) is 0 Å². The molecule has 1 heteroatoms. The molecule has 4 aliphatic rings. The summed E-state index contributed by atoms with van der Waals surface area (Å²) >= 11 is 0. The molecule has 0 aliphatic heterocycles. The lowest BCUT2D eigenvalue weighted by Crippen LogP contribution is -2.52. The van der Waals surface area contributed by atoms with Crippen LogP contribution in [0.2, 0.25) is 0 Å². The Kier molecular flexibility index (Phi) is 6.04. The summed E-state index contributed by atoms with van der Waals surface area (Å²) in [6.07, 6.45) is 16.1. The van der Waals surface area contributed by atoms with Gasteiger partial charge in [-0.25, -0.2) is 0 Å². The Bertz CT molecular complexity index is 620. The fraction of sp³-hybridized carbons (Fsp3) is 0.929. The Balaban J connectivity index is 1.52. The maximum atomic E-state index is 10.5. The Labute approximate surface area is 181 Å². The Morgan fingerprint density at radius 1 is 0.966 bits per heavy atom. The molecule has 4 rings (SSSR count). The third-order valence-corrected chi connectivity index (χ3v) is 10.8. The van der Waals surface area contributed by atoms with Crippen LogP contribution in [-0.4, -0.2) is 11.2 Å². The van der Waals surface area contributed by atoms with E-state index in [0.717, 1.165) is 36.0 Å². The number of rotatable bonds is 5. The van der Waals surface area contributed by atoms with Crippen molar-refractivity contribution in [1.29, 1.82) is 0 Å². The topological polar surface area (TPSA) is 20.2 Å². The Morgan fingerprint density at radius 3 is 2.38 bits per heavy atom. The molecule has 3 fully saturated rings. The molecule has 0 aromatic heterocycles. The van der Waals surface area contributed by atoms with Gasteiger partial charge in [-0.05, 0) is 97.2 Å². The average molecular weight is 401 g/mol.